The van der Waals surface area contributed by atoms with E-state index < -0.39 is 10.0 Å². The Balaban J connectivity index is 1.33. The normalized spacial score (nSPS) is 17.4. The highest BCUT2D eigenvalue weighted by Crippen LogP contribution is 2.27. The minimum absolute atomic E-state index is 0.104. The van der Waals surface area contributed by atoms with Gasteiger partial charge in [-0.1, -0.05) is 23.4 Å². The Kier molecular flexibility index (Phi) is 6.43. The number of rotatable bonds is 7. The lowest BCUT2D eigenvalue weighted by molar-refractivity contribution is -0.126. The average Bonchev–Trinajstić information content (AvgIpc) is 3.41. The van der Waals surface area contributed by atoms with Crippen molar-refractivity contribution in [3.8, 4) is 5.69 Å². The van der Waals surface area contributed by atoms with Gasteiger partial charge in [0.05, 0.1) is 17.3 Å². The van der Waals surface area contributed by atoms with E-state index in [-0.39, 0.29) is 29.0 Å². The van der Waals surface area contributed by atoms with Gasteiger partial charge in [-0.15, -0.1) is 0 Å². The molecule has 1 amide bonds. The molecule has 1 saturated heterocycles. The number of aromatic nitrogens is 3. The molecule has 0 aliphatic carbocycles. The molecule has 1 atom stereocenters. The summed E-state index contributed by atoms with van der Waals surface area (Å²) in [6.07, 6.45) is 3.77. The second-order valence-corrected chi connectivity index (χ2v) is 9.86. The molecule has 1 aliphatic rings. The first-order chi connectivity index (χ1) is 15.4. The molecule has 0 saturated carbocycles. The third-order valence-corrected chi connectivity index (χ3v) is 7.78. The van der Waals surface area contributed by atoms with Crippen LogP contribution in [0.15, 0.2) is 52.0 Å². The predicted molar refractivity (Wildman–Crippen MR) is 118 cm³/mol. The first-order valence-electron chi connectivity index (χ1n) is 10.7. The van der Waals surface area contributed by atoms with Gasteiger partial charge in [-0.2, -0.15) is 9.40 Å². The van der Waals surface area contributed by atoms with Crippen molar-refractivity contribution in [2.45, 2.75) is 38.0 Å². The SMILES string of the molecule is Cc1noc(C)c1S(=O)(=O)N1CCCC(C(=O)NCCc2ccn(-c3ccccc3)n2)C1. The number of carbonyl (C=O) groups excluding carboxylic acids is 1. The third kappa shape index (κ3) is 4.61. The van der Waals surface area contributed by atoms with E-state index in [0.717, 1.165) is 11.4 Å². The van der Waals surface area contributed by atoms with Crippen molar-refractivity contribution in [1.82, 2.24) is 24.6 Å². The maximum absolute atomic E-state index is 13.1. The van der Waals surface area contributed by atoms with E-state index in [1.165, 1.54) is 4.31 Å². The third-order valence-electron chi connectivity index (χ3n) is 5.67. The Morgan fingerprint density at radius 3 is 2.72 bits per heavy atom. The molecule has 0 radical (unpaired) electrons. The first kappa shape index (κ1) is 22.2. The molecular weight excluding hydrogens is 430 g/mol. The number of benzene rings is 1. The highest BCUT2D eigenvalue weighted by molar-refractivity contribution is 7.89. The topological polar surface area (TPSA) is 110 Å². The zero-order valence-electron chi connectivity index (χ0n) is 18.2. The van der Waals surface area contributed by atoms with Crippen molar-refractivity contribution >= 4 is 15.9 Å². The van der Waals surface area contributed by atoms with Gasteiger partial charge in [0, 0.05) is 32.3 Å². The lowest BCUT2D eigenvalue weighted by atomic mass is 9.99. The fraction of sp³-hybridized carbons (Fsp3) is 0.409. The zero-order valence-corrected chi connectivity index (χ0v) is 19.0. The van der Waals surface area contributed by atoms with E-state index in [1.54, 1.807) is 18.5 Å². The van der Waals surface area contributed by atoms with E-state index in [4.69, 9.17) is 4.52 Å². The number of hydrogen-bond acceptors (Lipinski definition) is 6. The molecule has 170 valence electrons. The van der Waals surface area contributed by atoms with E-state index in [1.807, 2.05) is 42.6 Å². The highest BCUT2D eigenvalue weighted by Gasteiger charge is 2.36. The molecule has 10 heteroatoms. The van der Waals surface area contributed by atoms with E-state index in [9.17, 15) is 13.2 Å². The summed E-state index contributed by atoms with van der Waals surface area (Å²) >= 11 is 0. The van der Waals surface area contributed by atoms with Crippen LogP contribution in [0.5, 0.6) is 0 Å². The molecule has 1 aliphatic heterocycles. The van der Waals surface area contributed by atoms with Crippen LogP contribution in [0.25, 0.3) is 5.69 Å². The number of nitrogens with one attached hydrogen (secondary N) is 1. The molecule has 4 rings (SSSR count). The number of carbonyl (C=O) groups is 1. The molecule has 9 nitrogen and oxygen atoms in total. The van der Waals surface area contributed by atoms with Crippen LogP contribution < -0.4 is 5.32 Å². The Hall–Kier alpha value is -2.98. The van der Waals surface area contributed by atoms with Crippen LogP contribution in [-0.2, 0) is 21.2 Å². The van der Waals surface area contributed by atoms with Gasteiger partial charge in [-0.3, -0.25) is 4.79 Å². The summed E-state index contributed by atoms with van der Waals surface area (Å²) < 4.78 is 34.3. The van der Waals surface area contributed by atoms with Gasteiger partial charge in [-0.25, -0.2) is 13.1 Å². The van der Waals surface area contributed by atoms with Crippen molar-refractivity contribution in [3.05, 3.63) is 59.7 Å². The minimum Gasteiger partial charge on any atom is -0.360 e. The summed E-state index contributed by atoms with van der Waals surface area (Å²) in [7, 11) is -3.75. The summed E-state index contributed by atoms with van der Waals surface area (Å²) in [5.41, 5.74) is 2.19. The fourth-order valence-corrected chi connectivity index (χ4v) is 5.84. The molecule has 1 fully saturated rings. The lowest BCUT2D eigenvalue weighted by Gasteiger charge is -2.31. The summed E-state index contributed by atoms with van der Waals surface area (Å²) in [4.78, 5) is 12.8. The van der Waals surface area contributed by atoms with Gasteiger partial charge in [0.25, 0.3) is 0 Å². The molecule has 1 N–H and O–H groups in total. The van der Waals surface area contributed by atoms with Crippen LogP contribution >= 0.6 is 0 Å². The van der Waals surface area contributed by atoms with Crippen LogP contribution in [0.4, 0.5) is 0 Å². The Bertz CT molecular complexity index is 1170. The number of hydrogen-bond donors (Lipinski definition) is 1. The van der Waals surface area contributed by atoms with Gasteiger partial charge in [0.2, 0.25) is 15.9 Å². The van der Waals surface area contributed by atoms with Gasteiger partial charge in [0.15, 0.2) is 5.76 Å². The largest absolute Gasteiger partial charge is 0.360 e. The maximum Gasteiger partial charge on any atom is 0.248 e. The molecule has 0 bridgehead atoms. The average molecular weight is 458 g/mol. The van der Waals surface area contributed by atoms with Crippen molar-refractivity contribution in [2.24, 2.45) is 5.92 Å². The summed E-state index contributed by atoms with van der Waals surface area (Å²) in [5, 5.41) is 11.2. The van der Waals surface area contributed by atoms with Crippen LogP contribution in [0, 0.1) is 19.8 Å². The van der Waals surface area contributed by atoms with E-state index in [2.05, 4.69) is 15.6 Å². The Labute approximate surface area is 187 Å². The number of piperidine rings is 1. The van der Waals surface area contributed by atoms with Crippen molar-refractivity contribution in [2.75, 3.05) is 19.6 Å². The quantitative estimate of drug-likeness (QED) is 0.583. The molecular formula is C22H27N5O4S. The van der Waals surface area contributed by atoms with Crippen LogP contribution in [0.3, 0.4) is 0 Å². The molecule has 32 heavy (non-hydrogen) atoms. The van der Waals surface area contributed by atoms with Crippen molar-refractivity contribution in [3.63, 3.8) is 0 Å². The molecule has 2 aromatic heterocycles. The second-order valence-electron chi connectivity index (χ2n) is 7.98. The summed E-state index contributed by atoms with van der Waals surface area (Å²) in [6, 6.07) is 11.7. The standard InChI is InChI=1S/C22H27N5O4S/c1-16-21(17(2)31-25-16)32(29,30)26-13-6-7-18(15-26)22(28)23-12-10-19-11-14-27(24-19)20-8-4-3-5-9-20/h3-5,8-9,11,14,18H,6-7,10,12-13,15H2,1-2H3,(H,23,28). The summed E-state index contributed by atoms with van der Waals surface area (Å²) in [5.74, 6) is -0.254. The number of para-hydroxylation sites is 1. The second kappa shape index (κ2) is 9.25. The minimum atomic E-state index is -3.75. The number of sulfonamides is 1. The lowest BCUT2D eigenvalue weighted by Crippen LogP contribution is -2.45. The molecule has 3 heterocycles. The molecule has 1 unspecified atom stereocenters. The van der Waals surface area contributed by atoms with Gasteiger partial charge >= 0.3 is 0 Å². The van der Waals surface area contributed by atoms with Gasteiger partial charge in [-0.05, 0) is 44.9 Å². The maximum atomic E-state index is 13.1. The van der Waals surface area contributed by atoms with Crippen LogP contribution in [0.1, 0.15) is 30.0 Å². The van der Waals surface area contributed by atoms with E-state index in [0.29, 0.717) is 38.0 Å². The van der Waals surface area contributed by atoms with Crippen molar-refractivity contribution < 1.29 is 17.7 Å². The van der Waals surface area contributed by atoms with Gasteiger partial charge < -0.3 is 9.84 Å². The van der Waals surface area contributed by atoms with Crippen molar-refractivity contribution in [1.29, 1.82) is 0 Å². The zero-order chi connectivity index (χ0) is 22.7. The smallest absolute Gasteiger partial charge is 0.248 e. The highest BCUT2D eigenvalue weighted by atomic mass is 32.2. The molecule has 1 aromatic carbocycles. The Morgan fingerprint density at radius 2 is 2.00 bits per heavy atom. The molecule has 0 spiro atoms. The summed E-state index contributed by atoms with van der Waals surface area (Å²) in [6.45, 7) is 4.17. The monoisotopic (exact) mass is 457 g/mol. The van der Waals surface area contributed by atoms with Crippen LogP contribution in [0.2, 0.25) is 0 Å². The van der Waals surface area contributed by atoms with E-state index >= 15 is 0 Å². The van der Waals surface area contributed by atoms with Crippen LogP contribution in [-0.4, -0.2) is 53.2 Å². The number of amides is 1. The molecule has 3 aromatic rings. The van der Waals surface area contributed by atoms with Gasteiger partial charge in [0.1, 0.15) is 10.6 Å². The predicted octanol–water partition coefficient (Wildman–Crippen LogP) is 2.24. The fourth-order valence-electron chi connectivity index (χ4n) is 4.02. The Morgan fingerprint density at radius 1 is 1.22 bits per heavy atom. The first-order valence-corrected chi connectivity index (χ1v) is 12.1. The number of nitrogens with zero attached hydrogens (tertiary/aromatic N) is 4. The number of aryl methyl sites for hydroxylation is 2.